The van der Waals surface area contributed by atoms with E-state index >= 15 is 0 Å². The number of pyridine rings is 1. The first-order valence-electron chi connectivity index (χ1n) is 6.59. The number of nitrogens with zero attached hydrogens (tertiary/aromatic N) is 1. The predicted octanol–water partition coefficient (Wildman–Crippen LogP) is 3.80. The largest absolute Gasteiger partial charge is 0.384 e. The van der Waals surface area contributed by atoms with Crippen LogP contribution < -0.4 is 5.73 Å². The number of unbranched alkanes of at least 4 members (excludes halogenated alkanes) is 2. The number of para-hydroxylation sites is 1. The maximum atomic E-state index is 7.69. The Balaban J connectivity index is 2.35. The molecule has 0 aliphatic carbocycles. The molecule has 1 aromatic heterocycles. The summed E-state index contributed by atoms with van der Waals surface area (Å²) in [4.78, 5) is 5.47. The molecular weight excluding hydrogens is 254 g/mol. The Labute approximate surface area is 118 Å². The van der Waals surface area contributed by atoms with Crippen LogP contribution in [0.1, 0.15) is 31.7 Å². The van der Waals surface area contributed by atoms with E-state index in [0.29, 0.717) is 0 Å². The van der Waals surface area contributed by atoms with Crippen LogP contribution in [0, 0.1) is 5.41 Å². The highest BCUT2D eigenvalue weighted by molar-refractivity contribution is 7.99. The second-order valence-corrected chi connectivity index (χ2v) is 5.59. The molecule has 19 heavy (non-hydrogen) atoms. The van der Waals surface area contributed by atoms with Crippen LogP contribution in [0.25, 0.3) is 10.9 Å². The predicted molar refractivity (Wildman–Crippen MR) is 83.0 cm³/mol. The Kier molecular flexibility index (Phi) is 4.80. The van der Waals surface area contributed by atoms with Crippen LogP contribution in [0.15, 0.2) is 35.4 Å². The lowest BCUT2D eigenvalue weighted by Gasteiger charge is -2.11. The van der Waals surface area contributed by atoms with Gasteiger partial charge in [-0.2, -0.15) is 0 Å². The summed E-state index contributed by atoms with van der Waals surface area (Å²) >= 11 is 1.78. The monoisotopic (exact) mass is 273 g/mol. The second-order valence-electron chi connectivity index (χ2n) is 4.49. The van der Waals surface area contributed by atoms with Crippen molar-refractivity contribution >= 4 is 28.5 Å². The van der Waals surface area contributed by atoms with Crippen molar-refractivity contribution in [1.29, 1.82) is 5.41 Å². The fourth-order valence-corrected chi connectivity index (χ4v) is 3.19. The molecule has 0 radical (unpaired) electrons. The molecular formula is C15H19N3S. The Hall–Kier alpha value is -1.55. The lowest BCUT2D eigenvalue weighted by molar-refractivity contribution is 0.778. The van der Waals surface area contributed by atoms with Crippen molar-refractivity contribution in [1.82, 2.24) is 4.98 Å². The van der Waals surface area contributed by atoms with Gasteiger partial charge in [-0.05, 0) is 18.2 Å². The van der Waals surface area contributed by atoms with Crippen molar-refractivity contribution in [3.8, 4) is 0 Å². The van der Waals surface area contributed by atoms with Crippen molar-refractivity contribution in [3.63, 3.8) is 0 Å². The van der Waals surface area contributed by atoms with E-state index in [1.807, 2.05) is 18.2 Å². The summed E-state index contributed by atoms with van der Waals surface area (Å²) in [5, 5.41) is 8.79. The average Bonchev–Trinajstić information content (AvgIpc) is 2.43. The van der Waals surface area contributed by atoms with Gasteiger partial charge in [0.25, 0.3) is 0 Å². The smallest absolute Gasteiger partial charge is 0.125 e. The number of hydrogen-bond donors (Lipinski definition) is 2. The third kappa shape index (κ3) is 3.26. The van der Waals surface area contributed by atoms with Gasteiger partial charge in [0.15, 0.2) is 0 Å². The second kappa shape index (κ2) is 6.57. The summed E-state index contributed by atoms with van der Waals surface area (Å²) in [6.45, 7) is 2.20. The number of amidine groups is 1. The number of nitrogen functional groups attached to an aromatic ring is 1. The minimum Gasteiger partial charge on any atom is -0.384 e. The van der Waals surface area contributed by atoms with Crippen LogP contribution in [0.2, 0.25) is 0 Å². The number of nitrogens with one attached hydrogen (secondary N) is 1. The summed E-state index contributed by atoms with van der Waals surface area (Å²) in [5.41, 5.74) is 7.38. The van der Waals surface area contributed by atoms with Crippen LogP contribution in [-0.2, 0) is 0 Å². The number of thioether (sulfide) groups is 1. The zero-order valence-corrected chi connectivity index (χ0v) is 12.0. The summed E-state index contributed by atoms with van der Waals surface area (Å²) in [6, 6.07) is 8.03. The molecule has 0 bridgehead atoms. The zero-order chi connectivity index (χ0) is 13.7. The maximum absolute atomic E-state index is 7.69. The first-order chi connectivity index (χ1) is 9.24. The van der Waals surface area contributed by atoms with Gasteiger partial charge < -0.3 is 5.73 Å². The molecule has 1 heterocycles. The SMILES string of the molecule is CCCCCSc1c(C(=N)N)cnc2ccccc12. The average molecular weight is 273 g/mol. The topological polar surface area (TPSA) is 62.8 Å². The number of aromatic nitrogens is 1. The molecule has 4 heteroatoms. The van der Waals surface area contributed by atoms with Crippen LogP contribution >= 0.6 is 11.8 Å². The van der Waals surface area contributed by atoms with Gasteiger partial charge >= 0.3 is 0 Å². The third-order valence-corrected chi connectivity index (χ3v) is 4.23. The van der Waals surface area contributed by atoms with Gasteiger partial charge in [-0.25, -0.2) is 0 Å². The van der Waals surface area contributed by atoms with Crippen molar-refractivity contribution < 1.29 is 0 Å². The minimum absolute atomic E-state index is 0.0937. The molecule has 0 fully saturated rings. The Morgan fingerprint density at radius 3 is 2.84 bits per heavy atom. The molecule has 3 nitrogen and oxygen atoms in total. The molecule has 3 N–H and O–H groups in total. The van der Waals surface area contributed by atoms with E-state index in [1.54, 1.807) is 18.0 Å². The summed E-state index contributed by atoms with van der Waals surface area (Å²) < 4.78 is 0. The van der Waals surface area contributed by atoms with E-state index in [1.165, 1.54) is 19.3 Å². The maximum Gasteiger partial charge on any atom is 0.125 e. The number of rotatable bonds is 6. The normalized spacial score (nSPS) is 10.8. The van der Waals surface area contributed by atoms with Gasteiger partial charge in [0, 0.05) is 22.0 Å². The van der Waals surface area contributed by atoms with Gasteiger partial charge in [-0.15, -0.1) is 11.8 Å². The quantitative estimate of drug-likeness (QED) is 0.364. The van der Waals surface area contributed by atoms with E-state index in [-0.39, 0.29) is 5.84 Å². The van der Waals surface area contributed by atoms with E-state index < -0.39 is 0 Å². The van der Waals surface area contributed by atoms with Gasteiger partial charge in [0.2, 0.25) is 0 Å². The number of fused-ring (bicyclic) bond motifs is 1. The lowest BCUT2D eigenvalue weighted by Crippen LogP contribution is -2.13. The molecule has 0 spiro atoms. The zero-order valence-electron chi connectivity index (χ0n) is 11.1. The highest BCUT2D eigenvalue weighted by Gasteiger charge is 2.11. The van der Waals surface area contributed by atoms with Crippen LogP contribution in [0.3, 0.4) is 0 Å². The summed E-state index contributed by atoms with van der Waals surface area (Å²) in [5.74, 6) is 1.15. The molecule has 100 valence electrons. The fourth-order valence-electron chi connectivity index (χ4n) is 1.99. The van der Waals surface area contributed by atoms with E-state index in [4.69, 9.17) is 11.1 Å². The molecule has 0 saturated heterocycles. The first-order valence-corrected chi connectivity index (χ1v) is 7.57. The van der Waals surface area contributed by atoms with Crippen LogP contribution in [0.4, 0.5) is 0 Å². The van der Waals surface area contributed by atoms with E-state index in [0.717, 1.165) is 27.1 Å². The minimum atomic E-state index is 0.0937. The summed E-state index contributed by atoms with van der Waals surface area (Å²) in [7, 11) is 0. The molecule has 1 aromatic carbocycles. The number of benzene rings is 1. The van der Waals surface area contributed by atoms with Crippen LogP contribution in [0.5, 0.6) is 0 Å². The third-order valence-electron chi connectivity index (χ3n) is 3.01. The number of nitrogens with two attached hydrogens (primary N) is 1. The molecule has 0 atom stereocenters. The molecule has 2 aromatic rings. The Morgan fingerprint density at radius 1 is 1.32 bits per heavy atom. The molecule has 0 aliphatic heterocycles. The van der Waals surface area contributed by atoms with Gasteiger partial charge in [-0.1, -0.05) is 38.0 Å². The van der Waals surface area contributed by atoms with Gasteiger partial charge in [-0.3, -0.25) is 10.4 Å². The molecule has 2 rings (SSSR count). The standard InChI is InChI=1S/C15H19N3S/c1-2-3-6-9-19-14-11-7-4-5-8-13(11)18-10-12(14)15(16)17/h4-5,7-8,10H,2-3,6,9H2,1H3,(H3,16,17). The van der Waals surface area contributed by atoms with Crippen LogP contribution in [-0.4, -0.2) is 16.6 Å². The van der Waals surface area contributed by atoms with Crippen molar-refractivity contribution in [2.24, 2.45) is 5.73 Å². The fraction of sp³-hybridized carbons (Fsp3) is 0.333. The highest BCUT2D eigenvalue weighted by atomic mass is 32.2. The van der Waals surface area contributed by atoms with Crippen molar-refractivity contribution in [2.75, 3.05) is 5.75 Å². The van der Waals surface area contributed by atoms with Gasteiger partial charge in [0.05, 0.1) is 5.52 Å². The molecule has 0 saturated carbocycles. The lowest BCUT2D eigenvalue weighted by atomic mass is 10.1. The van der Waals surface area contributed by atoms with E-state index in [9.17, 15) is 0 Å². The molecule has 0 amide bonds. The Bertz CT molecular complexity index is 581. The highest BCUT2D eigenvalue weighted by Crippen LogP contribution is 2.30. The molecule has 0 aliphatic rings. The van der Waals surface area contributed by atoms with Crippen molar-refractivity contribution in [3.05, 3.63) is 36.0 Å². The van der Waals surface area contributed by atoms with Gasteiger partial charge in [0.1, 0.15) is 5.84 Å². The first kappa shape index (κ1) is 13.9. The van der Waals surface area contributed by atoms with Crippen molar-refractivity contribution in [2.45, 2.75) is 31.1 Å². The Morgan fingerprint density at radius 2 is 2.11 bits per heavy atom. The van der Waals surface area contributed by atoms with E-state index in [2.05, 4.69) is 18.0 Å². The molecule has 0 unspecified atom stereocenters. The number of hydrogen-bond acceptors (Lipinski definition) is 3. The summed E-state index contributed by atoms with van der Waals surface area (Å²) in [6.07, 6.45) is 5.37.